The van der Waals surface area contributed by atoms with Crippen molar-refractivity contribution in [1.29, 1.82) is 0 Å². The zero-order chi connectivity index (χ0) is 19.7. The van der Waals surface area contributed by atoms with E-state index in [-0.39, 0.29) is 24.8 Å². The molecule has 0 aromatic heterocycles. The molecule has 0 unspecified atom stereocenters. The van der Waals surface area contributed by atoms with Crippen LogP contribution in [-0.4, -0.2) is 3.21 Å². The van der Waals surface area contributed by atoms with E-state index in [0.29, 0.717) is 0 Å². The number of halogens is 2. The van der Waals surface area contributed by atoms with Crippen LogP contribution in [0.5, 0.6) is 0 Å². The summed E-state index contributed by atoms with van der Waals surface area (Å²) in [7, 11) is 0. The molecule has 0 heterocycles. The summed E-state index contributed by atoms with van der Waals surface area (Å²) in [5.41, 5.74) is 8.93. The molecule has 30 heavy (non-hydrogen) atoms. The van der Waals surface area contributed by atoms with Crippen molar-refractivity contribution >= 4 is 28.0 Å². The molecule has 0 saturated carbocycles. The van der Waals surface area contributed by atoms with Gasteiger partial charge in [-0.15, -0.1) is 24.8 Å². The standard InChI is InChI=1S/C13H10.2C7H9.2ClH.Zr/c1-3-7-12(8-4-1)11-13-9-5-2-6-10-13;2*1-6-3-4-7(2)5-6;;;/h1-10H;2*5H,3H2,1-2H3;2*1H;. The summed E-state index contributed by atoms with van der Waals surface area (Å²) in [5, 5.41) is 0. The van der Waals surface area contributed by atoms with E-state index in [2.05, 4.69) is 101 Å². The molecule has 2 aromatic rings. The van der Waals surface area contributed by atoms with Crippen LogP contribution in [0.2, 0.25) is 0 Å². The van der Waals surface area contributed by atoms with E-state index in [0.717, 1.165) is 0 Å². The Balaban J connectivity index is 0.00000160. The van der Waals surface area contributed by atoms with Crippen LogP contribution in [0, 0.1) is 0 Å². The first kappa shape index (κ1) is 25.0. The molecule has 2 aliphatic rings. The molecule has 0 aliphatic heterocycles. The normalized spacial score (nSPS) is 15.3. The molecule has 156 valence electrons. The van der Waals surface area contributed by atoms with Crippen molar-refractivity contribution in [2.45, 2.75) is 40.5 Å². The minimum absolute atomic E-state index is 0. The summed E-state index contributed by atoms with van der Waals surface area (Å²) in [4.78, 5) is 0. The maximum Gasteiger partial charge on any atom is -0.147 e. The molecule has 0 radical (unpaired) electrons. The first-order chi connectivity index (χ1) is 13.5. The van der Waals surface area contributed by atoms with Gasteiger partial charge in [0.05, 0.1) is 0 Å². The Labute approximate surface area is 201 Å². The average Bonchev–Trinajstić information content (AvgIpc) is 3.20. The smallest absolute Gasteiger partial charge is 0.147 e. The van der Waals surface area contributed by atoms with Crippen molar-refractivity contribution < 1.29 is 21.3 Å². The van der Waals surface area contributed by atoms with E-state index in [1.54, 1.807) is 9.77 Å². The Morgan fingerprint density at radius 1 is 0.600 bits per heavy atom. The molecule has 0 saturated heterocycles. The predicted molar refractivity (Wildman–Crippen MR) is 133 cm³/mol. The van der Waals surface area contributed by atoms with E-state index in [1.165, 1.54) is 46.3 Å². The van der Waals surface area contributed by atoms with Crippen LogP contribution in [0.25, 0.3) is 0 Å². The van der Waals surface area contributed by atoms with Gasteiger partial charge >= 0.3 is 178 Å². The fourth-order valence-corrected chi connectivity index (χ4v) is 13.7. The maximum absolute atomic E-state index is 2.43. The second kappa shape index (κ2) is 10.9. The quantitative estimate of drug-likeness (QED) is 0.387. The van der Waals surface area contributed by atoms with Gasteiger partial charge in [0.1, 0.15) is 0 Å². The molecule has 0 N–H and O–H groups in total. The minimum atomic E-state index is -2.30. The third-order valence-corrected chi connectivity index (χ3v) is 14.2. The van der Waals surface area contributed by atoms with Crippen molar-refractivity contribution in [3.05, 3.63) is 113 Å². The number of hydrogen-bond acceptors (Lipinski definition) is 0. The van der Waals surface area contributed by atoms with Crippen LogP contribution in [0.3, 0.4) is 0 Å². The van der Waals surface area contributed by atoms with Gasteiger partial charge in [-0.1, -0.05) is 0 Å². The molecule has 0 bridgehead atoms. The van der Waals surface area contributed by atoms with Crippen molar-refractivity contribution in [1.82, 2.24) is 0 Å². The Bertz CT molecular complexity index is 983. The molecule has 2 aromatic carbocycles. The van der Waals surface area contributed by atoms with Gasteiger partial charge < -0.3 is 0 Å². The van der Waals surface area contributed by atoms with Gasteiger partial charge in [-0.3, -0.25) is 0 Å². The van der Waals surface area contributed by atoms with Crippen molar-refractivity contribution in [3.8, 4) is 0 Å². The monoisotopic (exact) mass is 514 g/mol. The summed E-state index contributed by atoms with van der Waals surface area (Å²) < 4.78 is 5.17. The van der Waals surface area contributed by atoms with E-state index in [4.69, 9.17) is 0 Å². The van der Waals surface area contributed by atoms with Gasteiger partial charge in [-0.25, -0.2) is 0 Å². The van der Waals surface area contributed by atoms with Gasteiger partial charge in [0.25, 0.3) is 0 Å². The Hall–Kier alpha value is -1.27. The van der Waals surface area contributed by atoms with Gasteiger partial charge in [0.15, 0.2) is 0 Å². The van der Waals surface area contributed by atoms with Gasteiger partial charge in [-0.05, 0) is 0 Å². The molecule has 0 atom stereocenters. The third-order valence-electron chi connectivity index (χ3n) is 5.77. The predicted octanol–water partition coefficient (Wildman–Crippen LogP) is 7.97. The van der Waals surface area contributed by atoms with Gasteiger partial charge in [0.2, 0.25) is 0 Å². The van der Waals surface area contributed by atoms with Crippen molar-refractivity contribution in [3.63, 3.8) is 0 Å². The fourth-order valence-electron chi connectivity index (χ4n) is 4.57. The zero-order valence-corrected chi connectivity index (χ0v) is 22.2. The molecule has 0 amide bonds. The molecule has 3 heteroatoms. The SMILES string of the molecule is CC1=CC(C)=[C]([Zr]([C]2=C(C)C=C(C)C2)=[C](c2ccccc2)c2ccccc2)C1.Cl.Cl. The van der Waals surface area contributed by atoms with Crippen LogP contribution in [0.1, 0.15) is 51.7 Å². The van der Waals surface area contributed by atoms with Crippen LogP contribution in [0.4, 0.5) is 0 Å². The summed E-state index contributed by atoms with van der Waals surface area (Å²) >= 11 is -2.30. The van der Waals surface area contributed by atoms with E-state index in [1.807, 2.05) is 0 Å². The summed E-state index contributed by atoms with van der Waals surface area (Å²) in [6.07, 6.45) is 7.18. The van der Waals surface area contributed by atoms with Gasteiger partial charge in [-0.2, -0.15) is 0 Å². The minimum Gasteiger partial charge on any atom is -0.147 e. The summed E-state index contributed by atoms with van der Waals surface area (Å²) in [6, 6.07) is 22.3. The number of benzene rings is 2. The molecular weight excluding hydrogens is 486 g/mol. The summed E-state index contributed by atoms with van der Waals surface area (Å²) in [5.74, 6) is 0. The molecule has 0 spiro atoms. The molecule has 0 fully saturated rings. The number of rotatable bonds is 4. The van der Waals surface area contributed by atoms with Crippen LogP contribution < -0.4 is 0 Å². The van der Waals surface area contributed by atoms with E-state index >= 15 is 0 Å². The maximum atomic E-state index is 2.43. The molecular formula is C27H30Cl2Zr. The largest absolute Gasteiger partial charge is 0.147 e. The van der Waals surface area contributed by atoms with Crippen molar-refractivity contribution in [2.24, 2.45) is 0 Å². The van der Waals surface area contributed by atoms with Crippen LogP contribution in [-0.2, 0) is 21.3 Å². The second-order valence-corrected chi connectivity index (χ2v) is 14.2. The summed E-state index contributed by atoms with van der Waals surface area (Å²) in [6.45, 7) is 9.26. The Kier molecular flexibility index (Phi) is 9.04. The Morgan fingerprint density at radius 2 is 0.967 bits per heavy atom. The first-order valence-corrected chi connectivity index (χ1v) is 13.8. The Morgan fingerprint density at radius 3 is 1.27 bits per heavy atom. The zero-order valence-electron chi connectivity index (χ0n) is 18.2. The van der Waals surface area contributed by atoms with Gasteiger partial charge in [0, 0.05) is 0 Å². The van der Waals surface area contributed by atoms with Crippen LogP contribution >= 0.6 is 24.8 Å². The third kappa shape index (κ3) is 5.13. The number of hydrogen-bond donors (Lipinski definition) is 0. The average molecular weight is 517 g/mol. The molecule has 2 aliphatic carbocycles. The topological polar surface area (TPSA) is 0 Å². The molecule has 0 nitrogen and oxygen atoms in total. The first-order valence-electron chi connectivity index (χ1n) is 10.1. The number of allylic oxidation sites excluding steroid dienone is 8. The fraction of sp³-hybridized carbons (Fsp3) is 0.222. The second-order valence-electron chi connectivity index (χ2n) is 8.14. The van der Waals surface area contributed by atoms with Crippen LogP contribution in [0.15, 0.2) is 102 Å². The molecule has 4 rings (SSSR count). The van der Waals surface area contributed by atoms with E-state index in [9.17, 15) is 0 Å². The van der Waals surface area contributed by atoms with Crippen molar-refractivity contribution in [2.75, 3.05) is 0 Å². The van der Waals surface area contributed by atoms with E-state index < -0.39 is 21.3 Å².